The number of benzene rings is 4. The molecule has 0 nitrogen and oxygen atoms in total. The van der Waals surface area contributed by atoms with Gasteiger partial charge in [-0.05, 0) is 0 Å². The fourth-order valence-corrected chi connectivity index (χ4v) is 26.3. The van der Waals surface area contributed by atoms with E-state index in [0.717, 1.165) is 12.8 Å². The van der Waals surface area contributed by atoms with E-state index in [4.69, 9.17) is 0 Å². The number of rotatable bonds is 4. The molecule has 2 atom stereocenters. The summed E-state index contributed by atoms with van der Waals surface area (Å²) in [6.45, 7) is 14.0. The van der Waals surface area contributed by atoms with Crippen molar-refractivity contribution in [3.8, 4) is 22.3 Å². The first kappa shape index (κ1) is 28.0. The maximum atomic E-state index is 2.78. The zero-order valence-corrected chi connectivity index (χ0v) is 30.2. The normalized spacial score (nSPS) is 20.8. The quantitative estimate of drug-likeness (QED) is 0.185. The Bertz CT molecular complexity index is 1700. The van der Waals surface area contributed by atoms with Gasteiger partial charge in [0, 0.05) is 0 Å². The third-order valence-corrected chi connectivity index (χ3v) is 26.9. The predicted octanol–water partition coefficient (Wildman–Crippen LogP) is 11.9. The van der Waals surface area contributed by atoms with Gasteiger partial charge < -0.3 is 0 Å². The van der Waals surface area contributed by atoms with E-state index >= 15 is 0 Å². The second kappa shape index (κ2) is 9.88. The maximum absolute atomic E-state index is 3.08. The molecule has 1 aliphatic heterocycles. The summed E-state index contributed by atoms with van der Waals surface area (Å²) in [4.78, 5) is 0. The molecule has 212 valence electrons. The molecular formula is C41H44Hf. The monoisotopic (exact) mass is 716 g/mol. The van der Waals surface area contributed by atoms with Crippen LogP contribution in [0, 0.1) is 33.1 Å². The molecular weight excluding hydrogens is 671 g/mol. The average molecular weight is 715 g/mol. The van der Waals surface area contributed by atoms with Crippen molar-refractivity contribution in [1.29, 1.82) is 0 Å². The second-order valence-corrected chi connectivity index (χ2v) is 31.0. The van der Waals surface area contributed by atoms with Crippen LogP contribution in [0.2, 0.25) is 9.36 Å². The Morgan fingerprint density at radius 2 is 0.929 bits per heavy atom. The van der Waals surface area contributed by atoms with E-state index in [1.807, 2.05) is 0 Å². The molecule has 2 aliphatic carbocycles. The minimum atomic E-state index is -3.08. The predicted molar refractivity (Wildman–Crippen MR) is 179 cm³/mol. The summed E-state index contributed by atoms with van der Waals surface area (Å²) in [6, 6.07) is 28.1. The Morgan fingerprint density at radius 1 is 0.548 bits per heavy atom. The van der Waals surface area contributed by atoms with E-state index in [1.165, 1.54) is 55.6 Å². The molecule has 4 aromatic rings. The van der Waals surface area contributed by atoms with E-state index in [-0.39, 0.29) is 5.41 Å². The van der Waals surface area contributed by atoms with Crippen molar-refractivity contribution in [2.75, 3.05) is 0 Å². The molecule has 1 fully saturated rings. The fraction of sp³-hybridized carbons (Fsp3) is 0.317. The molecule has 0 aromatic heterocycles. The molecule has 3 aliphatic rings. The van der Waals surface area contributed by atoms with Crippen molar-refractivity contribution in [3.63, 3.8) is 0 Å². The Labute approximate surface area is 257 Å². The standard InChI is InChI=1S/C39H38.2CH3.Hf/c1-7-39(8-2,31-21-29-15-11-19-35(37(29)23-31)33-17-9-13-25(3)27(33)5)32-22-30-16-12-20-36(38(30)24-32)34-18-10-14-26(4)28(34)6;;;/h9-24H,7-8H2,1-6H3;2*1H3;. The van der Waals surface area contributed by atoms with Gasteiger partial charge in [-0.1, -0.05) is 0 Å². The summed E-state index contributed by atoms with van der Waals surface area (Å²) in [7, 11) is 0. The summed E-state index contributed by atoms with van der Waals surface area (Å²) < 4.78 is 6.79. The number of fused-ring (bicyclic) bond motifs is 6. The van der Waals surface area contributed by atoms with Gasteiger partial charge in [-0.2, -0.15) is 0 Å². The van der Waals surface area contributed by atoms with Crippen LogP contribution < -0.4 is 0 Å². The van der Waals surface area contributed by atoms with E-state index in [9.17, 15) is 0 Å². The third-order valence-electron chi connectivity index (χ3n) is 11.7. The van der Waals surface area contributed by atoms with Crippen LogP contribution in [-0.2, 0) is 20.0 Å². The molecule has 0 spiro atoms. The van der Waals surface area contributed by atoms with Crippen LogP contribution in [-0.4, -0.2) is 0 Å². The molecule has 4 aromatic carbocycles. The van der Waals surface area contributed by atoms with Crippen molar-refractivity contribution in [2.24, 2.45) is 5.41 Å². The Hall–Kier alpha value is -2.77. The average Bonchev–Trinajstić information content (AvgIpc) is 3.58. The number of hydrogen-bond donors (Lipinski definition) is 0. The van der Waals surface area contributed by atoms with Gasteiger partial charge in [-0.15, -0.1) is 0 Å². The van der Waals surface area contributed by atoms with Crippen LogP contribution in [0.4, 0.5) is 0 Å². The van der Waals surface area contributed by atoms with E-state index in [1.54, 1.807) is 22.3 Å². The molecule has 7 rings (SSSR count). The summed E-state index contributed by atoms with van der Waals surface area (Å²) >= 11 is -3.08. The zero-order valence-electron chi connectivity index (χ0n) is 26.7. The van der Waals surface area contributed by atoms with Gasteiger partial charge in [-0.3, -0.25) is 0 Å². The molecule has 0 amide bonds. The molecule has 0 bridgehead atoms. The van der Waals surface area contributed by atoms with Crippen molar-refractivity contribution in [1.82, 2.24) is 0 Å². The third kappa shape index (κ3) is 3.68. The van der Waals surface area contributed by atoms with Gasteiger partial charge in [0.2, 0.25) is 0 Å². The van der Waals surface area contributed by atoms with Gasteiger partial charge >= 0.3 is 259 Å². The van der Waals surface area contributed by atoms with E-state index in [0.29, 0.717) is 7.35 Å². The zero-order chi connectivity index (χ0) is 29.6. The molecule has 1 saturated heterocycles. The van der Waals surface area contributed by atoms with Gasteiger partial charge in [0.05, 0.1) is 0 Å². The number of hydrogen-bond acceptors (Lipinski definition) is 0. The summed E-state index contributed by atoms with van der Waals surface area (Å²) in [5.74, 6) is 0. The van der Waals surface area contributed by atoms with Crippen LogP contribution in [0.15, 0.2) is 83.9 Å². The van der Waals surface area contributed by atoms with Crippen molar-refractivity contribution < 1.29 is 20.0 Å². The number of allylic oxidation sites excluding steroid dienone is 2. The van der Waals surface area contributed by atoms with Crippen LogP contribution in [0.3, 0.4) is 0 Å². The molecule has 0 saturated carbocycles. The van der Waals surface area contributed by atoms with Crippen LogP contribution >= 0.6 is 0 Å². The Kier molecular flexibility index (Phi) is 6.59. The SMILES string of the molecule is CCC1(CC)C2=Cc3c(-c4cccc(C)c4C)cccc3[CH]2[Hf]([CH3])([CH3])[CH]2C1=Cc1c(-c3cccc(C)c3C)cccc12. The molecule has 0 radical (unpaired) electrons. The second-order valence-electron chi connectivity index (χ2n) is 13.8. The van der Waals surface area contributed by atoms with Gasteiger partial charge in [0.1, 0.15) is 0 Å². The first-order valence-corrected chi connectivity index (χ1v) is 27.3. The van der Waals surface area contributed by atoms with E-state index < -0.39 is 20.0 Å². The van der Waals surface area contributed by atoms with Crippen molar-refractivity contribution >= 4 is 12.2 Å². The first-order chi connectivity index (χ1) is 20.2. The van der Waals surface area contributed by atoms with Crippen LogP contribution in [0.5, 0.6) is 0 Å². The van der Waals surface area contributed by atoms with Crippen molar-refractivity contribution in [2.45, 2.75) is 71.1 Å². The van der Waals surface area contributed by atoms with Gasteiger partial charge in [-0.25, -0.2) is 0 Å². The first-order valence-electron chi connectivity index (χ1n) is 16.0. The molecule has 1 heteroatoms. The summed E-state index contributed by atoms with van der Waals surface area (Å²) in [6.07, 6.45) is 7.71. The number of aryl methyl sites for hydroxylation is 2. The fourth-order valence-electron chi connectivity index (χ4n) is 9.19. The molecule has 0 N–H and O–H groups in total. The molecule has 2 unspecified atom stereocenters. The van der Waals surface area contributed by atoms with Gasteiger partial charge in [0.15, 0.2) is 0 Å². The Morgan fingerprint density at radius 3 is 1.33 bits per heavy atom. The van der Waals surface area contributed by atoms with Crippen LogP contribution in [0.25, 0.3) is 34.4 Å². The molecule has 42 heavy (non-hydrogen) atoms. The summed E-state index contributed by atoms with van der Waals surface area (Å²) in [5.41, 5.74) is 21.1. The molecule has 1 heterocycles. The minimum absolute atomic E-state index is 0.112. The van der Waals surface area contributed by atoms with E-state index in [2.05, 4.69) is 136 Å². The topological polar surface area (TPSA) is 0 Å². The van der Waals surface area contributed by atoms with Gasteiger partial charge in [0.25, 0.3) is 0 Å². The van der Waals surface area contributed by atoms with Crippen LogP contribution in [0.1, 0.15) is 78.5 Å². The van der Waals surface area contributed by atoms with Crippen molar-refractivity contribution in [3.05, 3.63) is 128 Å². The Balaban J connectivity index is 1.48. The summed E-state index contributed by atoms with van der Waals surface area (Å²) in [5, 5.41) is 0.